The van der Waals surface area contributed by atoms with E-state index in [1.807, 2.05) is 4.90 Å². The average molecular weight is 491 g/mol. The number of amides is 1. The van der Waals surface area contributed by atoms with Crippen LogP contribution in [0.2, 0.25) is 5.02 Å². The summed E-state index contributed by atoms with van der Waals surface area (Å²) >= 11 is 5.91. The van der Waals surface area contributed by atoms with Crippen molar-refractivity contribution in [2.45, 2.75) is 30.8 Å². The van der Waals surface area contributed by atoms with Crippen molar-refractivity contribution in [1.82, 2.24) is 14.5 Å². The highest BCUT2D eigenvalue weighted by atomic mass is 35.5. The Balaban J connectivity index is 1.68. The Labute approximate surface area is 197 Å². The molecule has 3 aromatic rings. The maximum atomic E-state index is 13.6. The minimum atomic E-state index is -4.04. The molecule has 1 aliphatic heterocycles. The molecule has 1 fully saturated rings. The fourth-order valence-electron chi connectivity index (χ4n) is 3.80. The van der Waals surface area contributed by atoms with Crippen molar-refractivity contribution in [1.29, 1.82) is 0 Å². The van der Waals surface area contributed by atoms with Gasteiger partial charge in [0.25, 0.3) is 15.9 Å². The largest absolute Gasteiger partial charge is 0.339 e. The molecule has 33 heavy (non-hydrogen) atoms. The first-order valence-electron chi connectivity index (χ1n) is 10.6. The van der Waals surface area contributed by atoms with Crippen molar-refractivity contribution in [2.24, 2.45) is 7.05 Å². The number of aryl methyl sites for hydroxylation is 1. The third-order valence-electron chi connectivity index (χ3n) is 5.59. The number of nitrogens with zero attached hydrogens (tertiary/aromatic N) is 4. The predicted octanol–water partition coefficient (Wildman–Crippen LogP) is 4.23. The maximum absolute atomic E-state index is 13.6. The van der Waals surface area contributed by atoms with E-state index < -0.39 is 15.8 Å². The van der Waals surface area contributed by atoms with Crippen molar-refractivity contribution in [3.05, 3.63) is 77.0 Å². The number of carbonyl (C=O) groups is 1. The number of halogens is 2. The van der Waals surface area contributed by atoms with Gasteiger partial charge in [-0.15, -0.1) is 0 Å². The Morgan fingerprint density at radius 3 is 2.42 bits per heavy atom. The average Bonchev–Trinajstić information content (AvgIpc) is 3.27. The first kappa shape index (κ1) is 23.3. The zero-order chi connectivity index (χ0) is 23.6. The molecule has 1 aromatic heterocycles. The van der Waals surface area contributed by atoms with Crippen LogP contribution in [0.25, 0.3) is 0 Å². The lowest BCUT2D eigenvalue weighted by Crippen LogP contribution is -2.35. The second-order valence-corrected chi connectivity index (χ2v) is 10.3. The van der Waals surface area contributed by atoms with Gasteiger partial charge in [0.1, 0.15) is 5.82 Å². The topological polar surface area (TPSA) is 75.5 Å². The molecule has 0 N–H and O–H groups in total. The lowest BCUT2D eigenvalue weighted by molar-refractivity contribution is 0.0724. The van der Waals surface area contributed by atoms with E-state index in [0.717, 1.165) is 32.4 Å². The summed E-state index contributed by atoms with van der Waals surface area (Å²) in [5, 5.41) is -0.211. The lowest BCUT2D eigenvalue weighted by atomic mass is 10.1. The molecule has 0 saturated carbocycles. The molecule has 0 unspecified atom stereocenters. The molecular weight excluding hydrogens is 467 g/mol. The highest BCUT2D eigenvalue weighted by Gasteiger charge is 2.28. The Hall–Kier alpha value is -2.91. The molecule has 1 saturated heterocycles. The number of hydrogen-bond acceptors (Lipinski definition) is 4. The second-order valence-electron chi connectivity index (χ2n) is 8.04. The minimum absolute atomic E-state index is 0.0642. The van der Waals surface area contributed by atoms with Crippen LogP contribution in [0.1, 0.15) is 35.2 Å². The molecule has 1 aliphatic rings. The molecule has 2 aromatic carbocycles. The van der Waals surface area contributed by atoms with Crippen LogP contribution in [-0.4, -0.2) is 41.9 Å². The fourth-order valence-corrected chi connectivity index (χ4v) is 5.43. The van der Waals surface area contributed by atoms with E-state index in [2.05, 4.69) is 4.98 Å². The van der Waals surface area contributed by atoms with Crippen LogP contribution in [0.15, 0.2) is 60.0 Å². The molecule has 7 nitrogen and oxygen atoms in total. The number of hydrogen-bond donors (Lipinski definition) is 0. The van der Waals surface area contributed by atoms with Gasteiger partial charge < -0.3 is 9.47 Å². The molecule has 0 atom stereocenters. The van der Waals surface area contributed by atoms with Gasteiger partial charge in [0.05, 0.1) is 23.6 Å². The van der Waals surface area contributed by atoms with Gasteiger partial charge in [-0.1, -0.05) is 17.7 Å². The molecule has 2 heterocycles. The van der Waals surface area contributed by atoms with Gasteiger partial charge in [0.15, 0.2) is 5.03 Å². The summed E-state index contributed by atoms with van der Waals surface area (Å²) in [6.07, 6.45) is 5.91. The summed E-state index contributed by atoms with van der Waals surface area (Å²) in [4.78, 5) is 18.6. The highest BCUT2D eigenvalue weighted by Crippen LogP contribution is 2.27. The number of imidazole rings is 1. The lowest BCUT2D eigenvalue weighted by Gasteiger charge is -2.27. The Kier molecular flexibility index (Phi) is 6.71. The summed E-state index contributed by atoms with van der Waals surface area (Å²) in [5.41, 5.74) is 1.37. The summed E-state index contributed by atoms with van der Waals surface area (Å²) in [6, 6.07) is 10.5. The van der Waals surface area contributed by atoms with E-state index in [0.29, 0.717) is 16.8 Å². The molecule has 0 radical (unpaired) electrons. The summed E-state index contributed by atoms with van der Waals surface area (Å²) < 4.78 is 43.2. The molecule has 10 heteroatoms. The number of carbonyl (C=O) groups excluding carboxylic acids is 1. The van der Waals surface area contributed by atoms with E-state index in [-0.39, 0.29) is 22.5 Å². The van der Waals surface area contributed by atoms with Crippen LogP contribution in [0, 0.1) is 5.82 Å². The van der Waals surface area contributed by atoms with Crippen molar-refractivity contribution in [3.8, 4) is 0 Å². The smallest absolute Gasteiger partial charge is 0.283 e. The second kappa shape index (κ2) is 9.52. The first-order valence-corrected chi connectivity index (χ1v) is 12.4. The van der Waals surface area contributed by atoms with Crippen LogP contribution in [0.4, 0.5) is 10.1 Å². The summed E-state index contributed by atoms with van der Waals surface area (Å²) in [6.45, 7) is 1.37. The number of likely N-dealkylation sites (tertiary alicyclic amines) is 1. The normalized spacial score (nSPS) is 14.3. The van der Waals surface area contributed by atoms with E-state index in [9.17, 15) is 17.6 Å². The van der Waals surface area contributed by atoms with Crippen molar-refractivity contribution in [2.75, 3.05) is 17.4 Å². The number of benzene rings is 2. The van der Waals surface area contributed by atoms with Crippen LogP contribution in [-0.2, 0) is 23.6 Å². The Morgan fingerprint density at radius 2 is 1.82 bits per heavy atom. The standard InChI is InChI=1S/C23H24ClFN4O3S/c1-27-15-22(26-16-27)33(31,32)29(14-17-5-10-21(25)20(24)13-17)19-8-6-18(7-9-19)23(30)28-11-3-2-4-12-28/h5-10,13,15-16H,2-4,11-12,14H2,1H3. The zero-order valence-electron chi connectivity index (χ0n) is 18.1. The predicted molar refractivity (Wildman–Crippen MR) is 124 cm³/mol. The van der Waals surface area contributed by atoms with Crippen LogP contribution >= 0.6 is 11.6 Å². The van der Waals surface area contributed by atoms with Gasteiger partial charge in [-0.3, -0.25) is 9.10 Å². The Bertz CT molecular complexity index is 1250. The number of piperidine rings is 1. The van der Waals surface area contributed by atoms with Crippen molar-refractivity contribution >= 4 is 33.2 Å². The van der Waals surface area contributed by atoms with Crippen molar-refractivity contribution < 1.29 is 17.6 Å². The molecule has 4 rings (SSSR count). The van der Waals surface area contributed by atoms with Gasteiger partial charge in [-0.2, -0.15) is 8.42 Å². The first-order chi connectivity index (χ1) is 15.8. The van der Waals surface area contributed by atoms with E-state index in [1.165, 1.54) is 35.0 Å². The van der Waals surface area contributed by atoms with Gasteiger partial charge >= 0.3 is 0 Å². The van der Waals surface area contributed by atoms with Crippen LogP contribution < -0.4 is 4.31 Å². The molecule has 0 spiro atoms. The van der Waals surface area contributed by atoms with Gasteiger partial charge in [-0.05, 0) is 61.2 Å². The summed E-state index contributed by atoms with van der Waals surface area (Å²) in [7, 11) is -2.36. The highest BCUT2D eigenvalue weighted by molar-refractivity contribution is 7.92. The third kappa shape index (κ3) is 5.04. The summed E-state index contributed by atoms with van der Waals surface area (Å²) in [5.74, 6) is -0.647. The Morgan fingerprint density at radius 1 is 1.12 bits per heavy atom. The monoisotopic (exact) mass is 490 g/mol. The maximum Gasteiger partial charge on any atom is 0.283 e. The van der Waals surface area contributed by atoms with Gasteiger partial charge in [-0.25, -0.2) is 9.37 Å². The molecule has 0 bridgehead atoms. The zero-order valence-corrected chi connectivity index (χ0v) is 19.7. The van der Waals surface area contributed by atoms with Gasteiger partial charge in [0.2, 0.25) is 0 Å². The molecular formula is C23H24ClFN4O3S. The van der Waals surface area contributed by atoms with E-state index >= 15 is 0 Å². The number of rotatable bonds is 6. The SMILES string of the molecule is Cn1cnc(S(=O)(=O)N(Cc2ccc(F)c(Cl)c2)c2ccc(C(=O)N3CCCCC3)cc2)c1. The van der Waals surface area contributed by atoms with Gasteiger partial charge in [0, 0.05) is 31.9 Å². The fraction of sp³-hybridized carbons (Fsp3) is 0.304. The quantitative estimate of drug-likeness (QED) is 0.518. The van der Waals surface area contributed by atoms with E-state index in [4.69, 9.17) is 11.6 Å². The molecule has 174 valence electrons. The van der Waals surface area contributed by atoms with Crippen LogP contribution in [0.3, 0.4) is 0 Å². The minimum Gasteiger partial charge on any atom is -0.339 e. The number of anilines is 1. The number of aromatic nitrogens is 2. The number of sulfonamides is 1. The molecule has 1 amide bonds. The molecule has 0 aliphatic carbocycles. The van der Waals surface area contributed by atoms with E-state index in [1.54, 1.807) is 35.9 Å². The third-order valence-corrected chi connectivity index (χ3v) is 7.54. The van der Waals surface area contributed by atoms with Crippen LogP contribution in [0.5, 0.6) is 0 Å². The van der Waals surface area contributed by atoms with Crippen molar-refractivity contribution in [3.63, 3.8) is 0 Å².